The molecular weight excluding hydrogens is 484 g/mol. The molecule has 5 rings (SSSR count). The number of carbonyl (C=O) groups excluding carboxylic acids is 3. The molecule has 4 saturated carbocycles. The second-order valence-corrected chi connectivity index (χ2v) is 16.2. The van der Waals surface area contributed by atoms with Gasteiger partial charge in [0, 0.05) is 30.7 Å². The molecule has 0 aliphatic heterocycles. The smallest absolute Gasteiger partial charge is 0.220 e. The molecule has 0 aromatic rings. The first kappa shape index (κ1) is 28.6. The van der Waals surface area contributed by atoms with Gasteiger partial charge in [-0.15, -0.1) is 0 Å². The summed E-state index contributed by atoms with van der Waals surface area (Å²) in [7, 11) is 0. The van der Waals surface area contributed by atoms with Crippen LogP contribution in [0.5, 0.6) is 0 Å². The van der Waals surface area contributed by atoms with Crippen molar-refractivity contribution >= 4 is 17.5 Å². The van der Waals surface area contributed by atoms with E-state index in [1.165, 1.54) is 0 Å². The number of nitrogens with zero attached hydrogens (tertiary/aromatic N) is 1. The van der Waals surface area contributed by atoms with Crippen LogP contribution in [0, 0.1) is 67.5 Å². The number of fused-ring (bicyclic) bond motifs is 7. The average Bonchev–Trinajstić information content (AvgIpc) is 2.84. The normalized spacial score (nSPS) is 46.0. The van der Waals surface area contributed by atoms with Crippen molar-refractivity contribution in [2.24, 2.45) is 56.2 Å². The Morgan fingerprint density at radius 2 is 1.64 bits per heavy atom. The van der Waals surface area contributed by atoms with Crippen molar-refractivity contribution in [3.05, 3.63) is 11.6 Å². The van der Waals surface area contributed by atoms with Gasteiger partial charge >= 0.3 is 0 Å². The number of hydrogen-bond acceptors (Lipinski definition) is 4. The van der Waals surface area contributed by atoms with Crippen molar-refractivity contribution in [1.29, 1.82) is 5.26 Å². The highest BCUT2D eigenvalue weighted by Gasteiger charge is 2.72. The molecule has 5 aliphatic carbocycles. The molecule has 39 heavy (non-hydrogen) atoms. The van der Waals surface area contributed by atoms with E-state index < -0.39 is 5.41 Å². The summed E-state index contributed by atoms with van der Waals surface area (Å²) in [6.07, 6.45) is 10.1. The molecule has 0 aromatic carbocycles. The van der Waals surface area contributed by atoms with Gasteiger partial charge < -0.3 is 5.32 Å². The average molecular weight is 535 g/mol. The third kappa shape index (κ3) is 3.78. The maximum atomic E-state index is 14.6. The fourth-order valence-electron chi connectivity index (χ4n) is 11.3. The van der Waals surface area contributed by atoms with Crippen LogP contribution in [0.2, 0.25) is 0 Å². The molecule has 0 spiro atoms. The number of allylic oxidation sites excluding steroid dienone is 2. The molecular formula is C34H50N2O3. The summed E-state index contributed by atoms with van der Waals surface area (Å²) in [4.78, 5) is 40.9. The summed E-state index contributed by atoms with van der Waals surface area (Å²) in [5.41, 5.74) is -0.903. The van der Waals surface area contributed by atoms with Gasteiger partial charge in [0.15, 0.2) is 5.78 Å². The first-order chi connectivity index (χ1) is 18.0. The number of carbonyl (C=O) groups is 3. The maximum absolute atomic E-state index is 14.6. The van der Waals surface area contributed by atoms with Crippen molar-refractivity contribution in [3.63, 3.8) is 0 Å². The lowest BCUT2D eigenvalue weighted by atomic mass is 9.31. The third-order valence-corrected chi connectivity index (χ3v) is 13.5. The van der Waals surface area contributed by atoms with E-state index in [2.05, 4.69) is 46.0 Å². The molecule has 5 nitrogen and oxygen atoms in total. The van der Waals surface area contributed by atoms with Crippen molar-refractivity contribution in [2.75, 3.05) is 6.54 Å². The molecule has 0 heterocycles. The topological polar surface area (TPSA) is 87.0 Å². The third-order valence-electron chi connectivity index (χ3n) is 13.5. The van der Waals surface area contributed by atoms with E-state index in [0.29, 0.717) is 25.2 Å². The Hall–Kier alpha value is -1.96. The molecule has 0 aromatic heterocycles. The lowest BCUT2D eigenvalue weighted by Crippen LogP contribution is -2.68. The second-order valence-electron chi connectivity index (χ2n) is 16.2. The largest absolute Gasteiger partial charge is 0.356 e. The quantitative estimate of drug-likeness (QED) is 0.431. The SMILES string of the molecule is CCNC(=O)C[C@]12CCC(C)(C)C[C@@H]1C1C(=O)C[C@@H]3[C@@]4(C)C=C(C#N)C(=O)C(C)(C)[C@@H]4CC[C@@]3(C)[C@]1(C)CC2. The number of rotatable bonds is 3. The molecule has 0 bridgehead atoms. The molecule has 5 heteroatoms. The first-order valence-corrected chi connectivity index (χ1v) is 15.5. The Balaban J connectivity index is 1.60. The Kier molecular flexibility index (Phi) is 6.42. The van der Waals surface area contributed by atoms with Crippen LogP contribution in [0.25, 0.3) is 0 Å². The number of nitrogens with one attached hydrogen (secondary N) is 1. The molecule has 1 N–H and O–H groups in total. The van der Waals surface area contributed by atoms with Gasteiger partial charge in [-0.2, -0.15) is 5.26 Å². The Morgan fingerprint density at radius 1 is 0.974 bits per heavy atom. The molecule has 0 radical (unpaired) electrons. The highest BCUT2D eigenvalue weighted by atomic mass is 16.2. The van der Waals surface area contributed by atoms with Gasteiger partial charge in [-0.25, -0.2) is 0 Å². The van der Waals surface area contributed by atoms with E-state index in [1.54, 1.807) is 0 Å². The van der Waals surface area contributed by atoms with Crippen LogP contribution in [0.1, 0.15) is 113 Å². The molecule has 0 saturated heterocycles. The van der Waals surface area contributed by atoms with E-state index in [1.807, 2.05) is 26.8 Å². The fourth-order valence-corrected chi connectivity index (χ4v) is 11.3. The van der Waals surface area contributed by atoms with Crippen LogP contribution in [0.15, 0.2) is 11.6 Å². The zero-order valence-electron chi connectivity index (χ0n) is 25.6. The van der Waals surface area contributed by atoms with Crippen molar-refractivity contribution in [1.82, 2.24) is 5.32 Å². The predicted molar refractivity (Wildman–Crippen MR) is 152 cm³/mol. The molecule has 214 valence electrons. The lowest BCUT2D eigenvalue weighted by molar-refractivity contribution is -0.223. The first-order valence-electron chi connectivity index (χ1n) is 15.5. The minimum atomic E-state index is -0.613. The zero-order chi connectivity index (χ0) is 28.8. The molecule has 5 aliphatic rings. The summed E-state index contributed by atoms with van der Waals surface area (Å²) in [6, 6.07) is 2.22. The van der Waals surface area contributed by atoms with Gasteiger partial charge in [-0.1, -0.05) is 54.5 Å². The summed E-state index contributed by atoms with van der Waals surface area (Å²) in [6.45, 7) is 18.4. The molecule has 4 fully saturated rings. The Bertz CT molecular complexity index is 1180. The van der Waals surface area contributed by atoms with Gasteiger partial charge in [0.25, 0.3) is 0 Å². The van der Waals surface area contributed by atoms with Crippen LogP contribution in [0.3, 0.4) is 0 Å². The van der Waals surface area contributed by atoms with Crippen LogP contribution in [0.4, 0.5) is 0 Å². The summed E-state index contributed by atoms with van der Waals surface area (Å²) < 4.78 is 0. The number of ketones is 2. The van der Waals surface area contributed by atoms with Gasteiger partial charge in [0.2, 0.25) is 5.91 Å². The van der Waals surface area contributed by atoms with Crippen molar-refractivity contribution in [2.45, 2.75) is 113 Å². The summed E-state index contributed by atoms with van der Waals surface area (Å²) in [5, 5.41) is 13.0. The number of Topliss-reactive ketones (excluding diaryl/α,β-unsaturated/α-hetero) is 2. The number of hydrogen-bond donors (Lipinski definition) is 1. The number of amides is 1. The van der Waals surface area contributed by atoms with E-state index in [9.17, 15) is 19.6 Å². The Labute approximate surface area is 235 Å². The van der Waals surface area contributed by atoms with E-state index in [-0.39, 0.29) is 68.0 Å². The molecule has 1 amide bonds. The van der Waals surface area contributed by atoms with Crippen LogP contribution < -0.4 is 5.32 Å². The van der Waals surface area contributed by atoms with Gasteiger partial charge in [-0.3, -0.25) is 14.4 Å². The van der Waals surface area contributed by atoms with Crippen LogP contribution >= 0.6 is 0 Å². The zero-order valence-corrected chi connectivity index (χ0v) is 25.6. The lowest BCUT2D eigenvalue weighted by Gasteiger charge is -2.72. The molecule has 8 atom stereocenters. The van der Waals surface area contributed by atoms with E-state index in [4.69, 9.17) is 0 Å². The molecule has 1 unspecified atom stereocenters. The second kappa shape index (κ2) is 8.77. The van der Waals surface area contributed by atoms with Gasteiger partial charge in [-0.05, 0) is 96.7 Å². The van der Waals surface area contributed by atoms with Gasteiger partial charge in [0.05, 0.1) is 5.57 Å². The van der Waals surface area contributed by atoms with Crippen LogP contribution in [-0.4, -0.2) is 24.0 Å². The highest BCUT2D eigenvalue weighted by Crippen LogP contribution is 2.76. The van der Waals surface area contributed by atoms with E-state index >= 15 is 0 Å². The fraction of sp³-hybridized carbons (Fsp3) is 0.824. The highest BCUT2D eigenvalue weighted by molar-refractivity contribution is 6.04. The summed E-state index contributed by atoms with van der Waals surface area (Å²) >= 11 is 0. The number of nitriles is 1. The Morgan fingerprint density at radius 3 is 2.28 bits per heavy atom. The standard InChI is InChI=1S/C34H50N2O3/c1-9-36-26(38)19-34-14-12-29(2,3)18-22(34)27-23(37)16-25-31(6)17-21(20-35)28(39)30(4,5)24(31)10-11-32(25,7)33(27,8)13-15-34/h17,22,24-25,27H,9-16,18-19H2,1-8H3,(H,36,38)/t22-,24+,25-,27?,31+,32-,33-,34-/m1/s1. The van der Waals surface area contributed by atoms with Crippen LogP contribution in [-0.2, 0) is 14.4 Å². The van der Waals surface area contributed by atoms with Gasteiger partial charge in [0.1, 0.15) is 11.9 Å². The van der Waals surface area contributed by atoms with E-state index in [0.717, 1.165) is 44.9 Å². The maximum Gasteiger partial charge on any atom is 0.220 e. The van der Waals surface area contributed by atoms with Crippen molar-refractivity contribution in [3.8, 4) is 6.07 Å². The summed E-state index contributed by atoms with van der Waals surface area (Å²) in [5.74, 6) is 0.850. The minimum Gasteiger partial charge on any atom is -0.356 e. The minimum absolute atomic E-state index is 0.0421. The predicted octanol–water partition coefficient (Wildman–Crippen LogP) is 6.81. The van der Waals surface area contributed by atoms with Crippen molar-refractivity contribution < 1.29 is 14.4 Å². The monoisotopic (exact) mass is 534 g/mol.